The first kappa shape index (κ1) is 18.7. The Bertz CT molecular complexity index is 297. The van der Waals surface area contributed by atoms with E-state index in [-0.39, 0.29) is 0 Å². The van der Waals surface area contributed by atoms with E-state index in [9.17, 15) is 9.59 Å². The highest BCUT2D eigenvalue weighted by Crippen LogP contribution is 2.10. The molecule has 0 rings (SSSR count). The van der Waals surface area contributed by atoms with E-state index in [1.807, 2.05) is 0 Å². The Morgan fingerprint density at radius 1 is 1.10 bits per heavy atom. The number of rotatable bonds is 8. The van der Waals surface area contributed by atoms with Gasteiger partial charge in [-0.15, -0.1) is 0 Å². The number of amides is 1. The van der Waals surface area contributed by atoms with Crippen LogP contribution in [0.1, 0.15) is 66.2 Å². The van der Waals surface area contributed by atoms with Gasteiger partial charge in [-0.05, 0) is 27.2 Å². The second-order valence-corrected chi connectivity index (χ2v) is 5.92. The lowest BCUT2D eigenvalue weighted by atomic mass is 10.1. The Hall–Kier alpha value is -1.26. The monoisotopic (exact) mass is 287 g/mol. The summed E-state index contributed by atoms with van der Waals surface area (Å²) in [6.07, 6.45) is 5.46. The summed E-state index contributed by atoms with van der Waals surface area (Å²) in [7, 11) is 1.32. The number of hydrogen-bond donors (Lipinski definition) is 1. The van der Waals surface area contributed by atoms with Crippen molar-refractivity contribution in [1.29, 1.82) is 0 Å². The molecule has 0 fully saturated rings. The van der Waals surface area contributed by atoms with Crippen molar-refractivity contribution >= 4 is 12.1 Å². The van der Waals surface area contributed by atoms with Gasteiger partial charge >= 0.3 is 12.1 Å². The molecule has 0 radical (unpaired) electrons. The number of nitrogens with one attached hydrogen (secondary N) is 1. The van der Waals surface area contributed by atoms with Gasteiger partial charge in [0.2, 0.25) is 0 Å². The summed E-state index contributed by atoms with van der Waals surface area (Å²) in [5.41, 5.74) is -0.578. The fraction of sp³-hybridized carbons (Fsp3) is 0.867. The zero-order valence-electron chi connectivity index (χ0n) is 13.5. The van der Waals surface area contributed by atoms with Gasteiger partial charge in [0.25, 0.3) is 0 Å². The minimum atomic E-state index is -0.628. The molecule has 1 atom stereocenters. The van der Waals surface area contributed by atoms with Crippen molar-refractivity contribution < 1.29 is 19.1 Å². The Labute approximate surface area is 122 Å². The lowest BCUT2D eigenvalue weighted by molar-refractivity contribution is -0.143. The van der Waals surface area contributed by atoms with E-state index in [1.54, 1.807) is 20.8 Å². The molecular formula is C15H29NO4. The fourth-order valence-corrected chi connectivity index (χ4v) is 1.79. The summed E-state index contributed by atoms with van der Waals surface area (Å²) in [6, 6.07) is -0.628. The highest BCUT2D eigenvalue weighted by molar-refractivity contribution is 5.81. The summed E-state index contributed by atoms with van der Waals surface area (Å²) < 4.78 is 9.86. The zero-order chi connectivity index (χ0) is 15.6. The molecule has 118 valence electrons. The fourth-order valence-electron chi connectivity index (χ4n) is 1.79. The highest BCUT2D eigenvalue weighted by Gasteiger charge is 2.24. The molecule has 5 nitrogen and oxygen atoms in total. The second kappa shape index (κ2) is 9.61. The molecule has 0 aromatic rings. The third-order valence-corrected chi connectivity index (χ3v) is 2.77. The Kier molecular flexibility index (Phi) is 9.01. The SMILES string of the molecule is CCCCCCCC(NC(=O)OC(C)(C)C)C(=O)OC. The summed E-state index contributed by atoms with van der Waals surface area (Å²) in [5, 5.41) is 2.58. The normalized spacial score (nSPS) is 12.7. The zero-order valence-corrected chi connectivity index (χ0v) is 13.5. The lowest BCUT2D eigenvalue weighted by Crippen LogP contribution is -2.44. The van der Waals surface area contributed by atoms with Crippen molar-refractivity contribution in [1.82, 2.24) is 5.32 Å². The lowest BCUT2D eigenvalue weighted by Gasteiger charge is -2.22. The quantitative estimate of drug-likeness (QED) is 0.549. The summed E-state index contributed by atoms with van der Waals surface area (Å²) in [4.78, 5) is 23.3. The van der Waals surface area contributed by atoms with Crippen LogP contribution in [0, 0.1) is 0 Å². The molecule has 0 aliphatic rings. The van der Waals surface area contributed by atoms with Crippen LogP contribution in [-0.4, -0.2) is 30.8 Å². The third-order valence-electron chi connectivity index (χ3n) is 2.77. The average molecular weight is 287 g/mol. The number of unbranched alkanes of at least 4 members (excludes halogenated alkanes) is 4. The van der Waals surface area contributed by atoms with Crippen LogP contribution in [0.2, 0.25) is 0 Å². The van der Waals surface area contributed by atoms with Crippen molar-refractivity contribution in [2.45, 2.75) is 77.9 Å². The molecule has 0 aliphatic carbocycles. The van der Waals surface area contributed by atoms with E-state index in [0.29, 0.717) is 6.42 Å². The molecule has 5 heteroatoms. The molecule has 0 aliphatic heterocycles. The van der Waals surface area contributed by atoms with Crippen LogP contribution in [0.4, 0.5) is 4.79 Å². The molecular weight excluding hydrogens is 258 g/mol. The molecule has 1 amide bonds. The summed E-state index contributed by atoms with van der Waals surface area (Å²) >= 11 is 0. The minimum absolute atomic E-state index is 0.425. The molecule has 1 N–H and O–H groups in total. The maximum atomic E-state index is 11.7. The van der Waals surface area contributed by atoms with Crippen molar-refractivity contribution in [2.75, 3.05) is 7.11 Å². The number of methoxy groups -OCH3 is 1. The van der Waals surface area contributed by atoms with E-state index in [0.717, 1.165) is 19.3 Å². The number of carbonyl (C=O) groups is 2. The number of alkyl carbamates (subject to hydrolysis) is 1. The molecule has 20 heavy (non-hydrogen) atoms. The minimum Gasteiger partial charge on any atom is -0.467 e. The first-order valence-corrected chi connectivity index (χ1v) is 7.37. The second-order valence-electron chi connectivity index (χ2n) is 5.92. The van der Waals surface area contributed by atoms with Crippen LogP contribution in [0.5, 0.6) is 0 Å². The Morgan fingerprint density at radius 3 is 2.20 bits per heavy atom. The maximum Gasteiger partial charge on any atom is 0.408 e. The predicted molar refractivity (Wildman–Crippen MR) is 78.5 cm³/mol. The predicted octanol–water partition coefficient (Wildman–Crippen LogP) is 3.41. The maximum absolute atomic E-state index is 11.7. The van der Waals surface area contributed by atoms with Gasteiger partial charge in [0.15, 0.2) is 0 Å². The number of hydrogen-bond acceptors (Lipinski definition) is 4. The first-order valence-electron chi connectivity index (χ1n) is 7.37. The molecule has 0 saturated heterocycles. The van der Waals surface area contributed by atoms with Crippen molar-refractivity contribution in [3.05, 3.63) is 0 Å². The molecule has 0 saturated carbocycles. The van der Waals surface area contributed by atoms with Crippen molar-refractivity contribution in [3.63, 3.8) is 0 Å². The van der Waals surface area contributed by atoms with Crippen LogP contribution in [0.25, 0.3) is 0 Å². The van der Waals surface area contributed by atoms with E-state index in [2.05, 4.69) is 12.2 Å². The molecule has 1 unspecified atom stereocenters. The van der Waals surface area contributed by atoms with E-state index in [4.69, 9.17) is 9.47 Å². The van der Waals surface area contributed by atoms with Gasteiger partial charge in [-0.25, -0.2) is 9.59 Å². The molecule has 0 aromatic carbocycles. The third kappa shape index (κ3) is 9.64. The van der Waals surface area contributed by atoms with Crippen LogP contribution in [0.15, 0.2) is 0 Å². The first-order chi connectivity index (χ1) is 9.30. The molecule has 0 aromatic heterocycles. The molecule has 0 heterocycles. The van der Waals surface area contributed by atoms with E-state index < -0.39 is 23.7 Å². The molecule has 0 spiro atoms. The van der Waals surface area contributed by atoms with Gasteiger partial charge in [0.05, 0.1) is 7.11 Å². The topological polar surface area (TPSA) is 64.6 Å². The van der Waals surface area contributed by atoms with Gasteiger partial charge in [0, 0.05) is 0 Å². The van der Waals surface area contributed by atoms with Gasteiger partial charge in [0.1, 0.15) is 11.6 Å². The van der Waals surface area contributed by atoms with Crippen molar-refractivity contribution in [2.24, 2.45) is 0 Å². The van der Waals surface area contributed by atoms with Crippen molar-refractivity contribution in [3.8, 4) is 0 Å². The summed E-state index contributed by atoms with van der Waals surface area (Å²) in [5.74, 6) is -0.425. The van der Waals surface area contributed by atoms with Crippen LogP contribution >= 0.6 is 0 Å². The van der Waals surface area contributed by atoms with Gasteiger partial charge in [-0.3, -0.25) is 0 Å². The van der Waals surface area contributed by atoms with Crippen LogP contribution in [-0.2, 0) is 14.3 Å². The van der Waals surface area contributed by atoms with Crippen LogP contribution < -0.4 is 5.32 Å². The van der Waals surface area contributed by atoms with Gasteiger partial charge < -0.3 is 14.8 Å². The van der Waals surface area contributed by atoms with Crippen LogP contribution in [0.3, 0.4) is 0 Å². The molecule has 0 bridgehead atoms. The van der Waals surface area contributed by atoms with E-state index in [1.165, 1.54) is 20.0 Å². The number of esters is 1. The Balaban J connectivity index is 4.22. The summed E-state index contributed by atoms with van der Waals surface area (Å²) in [6.45, 7) is 7.50. The standard InChI is InChI=1S/C15H29NO4/c1-6-7-8-9-10-11-12(13(17)19-5)16-14(18)20-15(2,3)4/h12H,6-11H2,1-5H3,(H,16,18). The average Bonchev–Trinajstić information content (AvgIpc) is 2.34. The number of carbonyl (C=O) groups excluding carboxylic acids is 2. The largest absolute Gasteiger partial charge is 0.467 e. The number of ether oxygens (including phenoxy) is 2. The van der Waals surface area contributed by atoms with E-state index >= 15 is 0 Å². The van der Waals surface area contributed by atoms with Gasteiger partial charge in [-0.2, -0.15) is 0 Å². The highest BCUT2D eigenvalue weighted by atomic mass is 16.6. The Morgan fingerprint density at radius 2 is 1.70 bits per heavy atom. The smallest absolute Gasteiger partial charge is 0.408 e. The van der Waals surface area contributed by atoms with Gasteiger partial charge in [-0.1, -0.05) is 39.0 Å².